The second-order valence-corrected chi connectivity index (χ2v) is 5.45. The first-order valence-electron chi connectivity index (χ1n) is 6.89. The maximum atomic E-state index is 12.1. The molecule has 0 aliphatic heterocycles. The number of aromatic amines is 1. The molecule has 1 aromatic heterocycles. The van der Waals surface area contributed by atoms with Crippen molar-refractivity contribution in [2.75, 3.05) is 0 Å². The Morgan fingerprint density at radius 1 is 1.48 bits per heavy atom. The van der Waals surface area contributed by atoms with Crippen molar-refractivity contribution in [1.29, 1.82) is 0 Å². The number of non-ortho nitro benzene ring substituents is 1. The van der Waals surface area contributed by atoms with Crippen molar-refractivity contribution in [3.63, 3.8) is 0 Å². The number of nitro benzene ring substituents is 1. The quantitative estimate of drug-likeness (QED) is 0.507. The van der Waals surface area contributed by atoms with E-state index in [0.717, 1.165) is 30.5 Å². The molecule has 118 valence electrons. The number of halogens is 1. The number of hydrogen-bond acceptors (Lipinski definition) is 5. The first-order chi connectivity index (χ1) is 11.1. The molecule has 0 radical (unpaired) electrons. The summed E-state index contributed by atoms with van der Waals surface area (Å²) in [7, 11) is 0. The van der Waals surface area contributed by atoms with Gasteiger partial charge < -0.3 is 0 Å². The Kier molecular flexibility index (Phi) is 4.07. The lowest BCUT2D eigenvalue weighted by Gasteiger charge is -2.00. The molecule has 0 atom stereocenters. The number of carbonyl (C=O) groups excluding carboxylic acids is 1. The number of aromatic nitrogens is 2. The number of benzene rings is 1. The normalized spacial score (nSPS) is 13.3. The van der Waals surface area contributed by atoms with E-state index in [0.29, 0.717) is 16.3 Å². The molecule has 2 aromatic rings. The van der Waals surface area contributed by atoms with E-state index in [1.165, 1.54) is 24.4 Å². The summed E-state index contributed by atoms with van der Waals surface area (Å²) in [6.07, 6.45) is 3.97. The molecule has 0 spiro atoms. The van der Waals surface area contributed by atoms with Crippen LogP contribution in [-0.4, -0.2) is 27.2 Å². The number of nitrogens with zero attached hydrogens (tertiary/aromatic N) is 3. The largest absolute Gasteiger partial charge is 0.292 e. The van der Waals surface area contributed by atoms with Gasteiger partial charge in [0.05, 0.1) is 11.1 Å². The lowest BCUT2D eigenvalue weighted by molar-refractivity contribution is -0.384. The molecule has 1 heterocycles. The third-order valence-corrected chi connectivity index (χ3v) is 3.93. The summed E-state index contributed by atoms with van der Waals surface area (Å²) in [6.45, 7) is 0. The summed E-state index contributed by atoms with van der Waals surface area (Å²) in [5.41, 5.74) is 4.84. The fourth-order valence-electron chi connectivity index (χ4n) is 2.46. The van der Waals surface area contributed by atoms with Gasteiger partial charge in [0.1, 0.15) is 0 Å². The van der Waals surface area contributed by atoms with E-state index in [9.17, 15) is 14.9 Å². The van der Waals surface area contributed by atoms with Gasteiger partial charge in [0, 0.05) is 34.0 Å². The predicted molar refractivity (Wildman–Crippen MR) is 83.8 cm³/mol. The van der Waals surface area contributed by atoms with Gasteiger partial charge in [-0.1, -0.05) is 11.6 Å². The third kappa shape index (κ3) is 3.07. The minimum atomic E-state index is -0.528. The fourth-order valence-corrected chi connectivity index (χ4v) is 2.63. The molecule has 0 saturated heterocycles. The molecule has 1 aliphatic rings. The van der Waals surface area contributed by atoms with Crippen molar-refractivity contribution in [3.05, 3.63) is 55.9 Å². The van der Waals surface area contributed by atoms with Crippen LogP contribution in [0.1, 0.15) is 33.7 Å². The average Bonchev–Trinajstić information content (AvgIpc) is 3.11. The molecule has 3 rings (SSSR count). The van der Waals surface area contributed by atoms with Crippen molar-refractivity contribution >= 4 is 29.4 Å². The van der Waals surface area contributed by atoms with E-state index in [1.807, 2.05) is 0 Å². The number of carbonyl (C=O) groups is 1. The van der Waals surface area contributed by atoms with Crippen molar-refractivity contribution in [2.45, 2.75) is 19.3 Å². The minimum absolute atomic E-state index is 0.104. The topological polar surface area (TPSA) is 113 Å². The highest BCUT2D eigenvalue weighted by molar-refractivity contribution is 6.33. The summed E-state index contributed by atoms with van der Waals surface area (Å²) in [5, 5.41) is 21.7. The van der Waals surface area contributed by atoms with Gasteiger partial charge in [-0.05, 0) is 25.3 Å². The van der Waals surface area contributed by atoms with Gasteiger partial charge in [0.2, 0.25) is 0 Å². The zero-order chi connectivity index (χ0) is 16.4. The second kappa shape index (κ2) is 6.17. The van der Waals surface area contributed by atoms with Gasteiger partial charge in [-0.25, -0.2) is 5.43 Å². The SMILES string of the molecule is O=C(NN=Cc1cc([N+](=O)[O-])ccc1Cl)c1n[nH]c2c1CCC2. The van der Waals surface area contributed by atoms with Crippen LogP contribution < -0.4 is 5.43 Å². The number of H-pyrrole nitrogens is 1. The summed E-state index contributed by atoms with van der Waals surface area (Å²) in [4.78, 5) is 22.3. The van der Waals surface area contributed by atoms with E-state index < -0.39 is 10.8 Å². The summed E-state index contributed by atoms with van der Waals surface area (Å²) >= 11 is 5.95. The first-order valence-corrected chi connectivity index (χ1v) is 7.27. The van der Waals surface area contributed by atoms with Crippen LogP contribution >= 0.6 is 11.6 Å². The maximum Gasteiger partial charge on any atom is 0.292 e. The fraction of sp³-hybridized carbons (Fsp3) is 0.214. The Morgan fingerprint density at radius 2 is 2.30 bits per heavy atom. The number of rotatable bonds is 4. The van der Waals surface area contributed by atoms with Crippen LogP contribution in [0.3, 0.4) is 0 Å². The number of fused-ring (bicyclic) bond motifs is 1. The Hall–Kier alpha value is -2.74. The van der Waals surface area contributed by atoms with E-state index in [1.54, 1.807) is 0 Å². The van der Waals surface area contributed by atoms with Crippen LogP contribution in [0.15, 0.2) is 23.3 Å². The number of nitro groups is 1. The maximum absolute atomic E-state index is 12.1. The smallest absolute Gasteiger partial charge is 0.281 e. The highest BCUT2D eigenvalue weighted by atomic mass is 35.5. The third-order valence-electron chi connectivity index (χ3n) is 3.58. The lowest BCUT2D eigenvalue weighted by atomic mass is 10.2. The summed E-state index contributed by atoms with van der Waals surface area (Å²) in [6, 6.07) is 3.99. The molecule has 0 bridgehead atoms. The zero-order valence-corrected chi connectivity index (χ0v) is 12.6. The van der Waals surface area contributed by atoms with E-state index in [-0.39, 0.29) is 5.69 Å². The number of hydrazone groups is 1. The van der Waals surface area contributed by atoms with Crippen molar-refractivity contribution in [3.8, 4) is 0 Å². The molecule has 1 aliphatic carbocycles. The molecule has 9 heteroatoms. The molecular weight excluding hydrogens is 322 g/mol. The van der Waals surface area contributed by atoms with Crippen LogP contribution in [0.25, 0.3) is 0 Å². The number of nitrogens with one attached hydrogen (secondary N) is 2. The monoisotopic (exact) mass is 333 g/mol. The van der Waals surface area contributed by atoms with Crippen molar-refractivity contribution < 1.29 is 9.72 Å². The molecule has 0 fully saturated rings. The standard InChI is InChI=1S/C14H12ClN5O3/c15-11-5-4-9(20(22)23)6-8(11)7-16-19-14(21)13-10-2-1-3-12(10)17-18-13/h4-7H,1-3H2,(H,17,18)(H,19,21). The van der Waals surface area contributed by atoms with E-state index in [4.69, 9.17) is 11.6 Å². The first kappa shape index (κ1) is 15.2. The Bertz CT molecular complexity index is 815. The summed E-state index contributed by atoms with van der Waals surface area (Å²) < 4.78 is 0. The predicted octanol–water partition coefficient (Wildman–Crippen LogP) is 2.22. The Morgan fingerprint density at radius 3 is 3.09 bits per heavy atom. The van der Waals surface area contributed by atoms with Crippen LogP contribution in [0, 0.1) is 10.1 Å². The van der Waals surface area contributed by atoms with Crippen LogP contribution in [0.2, 0.25) is 5.02 Å². The highest BCUT2D eigenvalue weighted by Gasteiger charge is 2.22. The molecule has 23 heavy (non-hydrogen) atoms. The highest BCUT2D eigenvalue weighted by Crippen LogP contribution is 2.23. The second-order valence-electron chi connectivity index (χ2n) is 5.04. The Balaban J connectivity index is 1.72. The molecule has 0 unspecified atom stereocenters. The average molecular weight is 334 g/mol. The molecule has 8 nitrogen and oxygen atoms in total. The van der Waals surface area contributed by atoms with Crippen LogP contribution in [0.5, 0.6) is 0 Å². The minimum Gasteiger partial charge on any atom is -0.281 e. The zero-order valence-electron chi connectivity index (χ0n) is 11.9. The molecule has 2 N–H and O–H groups in total. The van der Waals surface area contributed by atoms with Crippen molar-refractivity contribution in [1.82, 2.24) is 15.6 Å². The molecular formula is C14H12ClN5O3. The van der Waals surface area contributed by atoms with Gasteiger partial charge in [-0.3, -0.25) is 20.0 Å². The lowest BCUT2D eigenvalue weighted by Crippen LogP contribution is -2.19. The van der Waals surface area contributed by atoms with Crippen LogP contribution in [0.4, 0.5) is 5.69 Å². The number of aryl methyl sites for hydroxylation is 1. The molecule has 0 saturated carbocycles. The summed E-state index contributed by atoms with van der Waals surface area (Å²) in [5.74, 6) is -0.429. The van der Waals surface area contributed by atoms with Gasteiger partial charge in [0.15, 0.2) is 5.69 Å². The van der Waals surface area contributed by atoms with Gasteiger partial charge >= 0.3 is 0 Å². The molecule has 1 amide bonds. The van der Waals surface area contributed by atoms with E-state index in [2.05, 4.69) is 20.7 Å². The van der Waals surface area contributed by atoms with Gasteiger partial charge in [0.25, 0.3) is 11.6 Å². The Labute approximate surface area is 135 Å². The van der Waals surface area contributed by atoms with Gasteiger partial charge in [-0.2, -0.15) is 10.2 Å². The van der Waals surface area contributed by atoms with Crippen LogP contribution in [-0.2, 0) is 12.8 Å². The molecule has 1 aromatic carbocycles. The van der Waals surface area contributed by atoms with E-state index >= 15 is 0 Å². The van der Waals surface area contributed by atoms with Crippen molar-refractivity contribution in [2.24, 2.45) is 5.10 Å². The number of hydrogen-bond donors (Lipinski definition) is 2. The number of amides is 1. The van der Waals surface area contributed by atoms with Gasteiger partial charge in [-0.15, -0.1) is 0 Å².